The Bertz CT molecular complexity index is 499. The van der Waals surface area contributed by atoms with Crippen molar-refractivity contribution < 1.29 is 8.42 Å². The molecule has 1 unspecified atom stereocenters. The number of rotatable bonds is 5. The number of nitrogens with one attached hydrogen (secondary N) is 1. The Morgan fingerprint density at radius 1 is 1.44 bits per heavy atom. The molecule has 0 radical (unpaired) electrons. The van der Waals surface area contributed by atoms with Crippen LogP contribution in [0.1, 0.15) is 12.0 Å². The van der Waals surface area contributed by atoms with Crippen LogP contribution in [0, 0.1) is 0 Å². The van der Waals surface area contributed by atoms with Crippen LogP contribution in [0.4, 0.5) is 0 Å². The molecular formula is C12H17N3O2S. The zero-order valence-electron chi connectivity index (χ0n) is 10.1. The Hall–Kier alpha value is -1.27. The third kappa shape index (κ3) is 4.19. The number of nitrogens with zero attached hydrogens (tertiary/aromatic N) is 2. The van der Waals surface area contributed by atoms with Gasteiger partial charge in [0.15, 0.2) is 9.84 Å². The molecule has 0 aromatic carbocycles. The van der Waals surface area contributed by atoms with Crippen molar-refractivity contribution in [1.29, 1.82) is 0 Å². The van der Waals surface area contributed by atoms with Gasteiger partial charge in [0.05, 0.1) is 18.1 Å². The lowest BCUT2D eigenvalue weighted by molar-refractivity contribution is 0.561. The Labute approximate surface area is 107 Å². The van der Waals surface area contributed by atoms with Gasteiger partial charge in [-0.05, 0) is 24.1 Å². The maximum Gasteiger partial charge on any atom is 0.151 e. The molecular weight excluding hydrogens is 250 g/mol. The van der Waals surface area contributed by atoms with Gasteiger partial charge in [0.2, 0.25) is 0 Å². The van der Waals surface area contributed by atoms with E-state index < -0.39 is 9.84 Å². The SMILES string of the molecule is O=S1(=O)CCC(NCCN=Cc2ccncc2)C1. The van der Waals surface area contributed by atoms with E-state index in [9.17, 15) is 8.42 Å². The average molecular weight is 267 g/mol. The highest BCUT2D eigenvalue weighted by Crippen LogP contribution is 2.10. The molecule has 2 rings (SSSR count). The van der Waals surface area contributed by atoms with Crippen molar-refractivity contribution in [3.05, 3.63) is 30.1 Å². The highest BCUT2D eigenvalue weighted by Gasteiger charge is 2.26. The molecule has 1 N–H and O–H groups in total. The van der Waals surface area contributed by atoms with E-state index in [4.69, 9.17) is 0 Å². The van der Waals surface area contributed by atoms with Crippen LogP contribution in [-0.2, 0) is 9.84 Å². The molecule has 2 heterocycles. The molecule has 5 nitrogen and oxygen atoms in total. The summed E-state index contributed by atoms with van der Waals surface area (Å²) in [6.07, 6.45) is 5.97. The smallest absolute Gasteiger partial charge is 0.151 e. The lowest BCUT2D eigenvalue weighted by atomic mass is 10.2. The molecule has 1 aromatic rings. The number of pyridine rings is 1. The highest BCUT2D eigenvalue weighted by molar-refractivity contribution is 7.91. The summed E-state index contributed by atoms with van der Waals surface area (Å²) in [5.41, 5.74) is 1.02. The summed E-state index contributed by atoms with van der Waals surface area (Å²) in [6, 6.07) is 3.88. The first-order chi connectivity index (χ1) is 8.66. The van der Waals surface area contributed by atoms with E-state index in [1.807, 2.05) is 12.1 Å². The summed E-state index contributed by atoms with van der Waals surface area (Å²) in [7, 11) is -2.79. The van der Waals surface area contributed by atoms with Crippen molar-refractivity contribution in [2.75, 3.05) is 24.6 Å². The molecule has 1 saturated heterocycles. The first kappa shape index (κ1) is 13.2. The monoisotopic (exact) mass is 267 g/mol. The molecule has 1 fully saturated rings. The van der Waals surface area contributed by atoms with Crippen LogP contribution in [-0.4, -0.2) is 50.3 Å². The van der Waals surface area contributed by atoms with Crippen molar-refractivity contribution in [2.24, 2.45) is 4.99 Å². The standard InChI is InChI=1S/C12H17N3O2S/c16-18(17)8-3-12(10-18)15-7-6-14-9-11-1-4-13-5-2-11/h1-2,4-5,9,12,15H,3,6-8,10H2. The van der Waals surface area contributed by atoms with Gasteiger partial charge >= 0.3 is 0 Å². The summed E-state index contributed by atoms with van der Waals surface area (Å²) in [5.74, 6) is 0.575. The molecule has 0 spiro atoms. The third-order valence-corrected chi connectivity index (χ3v) is 4.62. The second-order valence-electron chi connectivity index (χ2n) is 4.37. The van der Waals surface area contributed by atoms with E-state index in [0.29, 0.717) is 18.8 Å². The second-order valence-corrected chi connectivity index (χ2v) is 6.60. The van der Waals surface area contributed by atoms with Gasteiger partial charge in [0.1, 0.15) is 0 Å². The Kier molecular flexibility index (Phi) is 4.43. The van der Waals surface area contributed by atoms with Gasteiger partial charge in [-0.25, -0.2) is 8.42 Å². The molecule has 0 bridgehead atoms. The van der Waals surface area contributed by atoms with Gasteiger partial charge in [-0.15, -0.1) is 0 Å². The first-order valence-electron chi connectivity index (χ1n) is 5.99. The fraction of sp³-hybridized carbons (Fsp3) is 0.500. The van der Waals surface area contributed by atoms with Gasteiger partial charge in [-0.3, -0.25) is 9.98 Å². The van der Waals surface area contributed by atoms with Crippen LogP contribution in [0.3, 0.4) is 0 Å². The van der Waals surface area contributed by atoms with Crippen molar-refractivity contribution in [3.8, 4) is 0 Å². The molecule has 1 atom stereocenters. The van der Waals surface area contributed by atoms with E-state index in [0.717, 1.165) is 12.0 Å². The lowest BCUT2D eigenvalue weighted by Crippen LogP contribution is -2.32. The van der Waals surface area contributed by atoms with Crippen molar-refractivity contribution >= 4 is 16.1 Å². The number of hydrogen-bond donors (Lipinski definition) is 1. The summed E-state index contributed by atoms with van der Waals surface area (Å²) >= 11 is 0. The van der Waals surface area contributed by atoms with Gasteiger partial charge in [0.25, 0.3) is 0 Å². The van der Waals surface area contributed by atoms with Crippen LogP contribution >= 0.6 is 0 Å². The number of hydrogen-bond acceptors (Lipinski definition) is 5. The first-order valence-corrected chi connectivity index (χ1v) is 7.81. The topological polar surface area (TPSA) is 71.4 Å². The van der Waals surface area contributed by atoms with Gasteiger partial charge in [0, 0.05) is 31.2 Å². The second kappa shape index (κ2) is 6.06. The summed E-state index contributed by atoms with van der Waals surface area (Å²) in [4.78, 5) is 8.20. The maximum absolute atomic E-state index is 11.2. The van der Waals surface area contributed by atoms with E-state index >= 15 is 0 Å². The Morgan fingerprint density at radius 2 is 2.22 bits per heavy atom. The van der Waals surface area contributed by atoms with E-state index in [1.165, 1.54) is 0 Å². The average Bonchev–Trinajstić information content (AvgIpc) is 2.70. The molecule has 0 saturated carbocycles. The number of aliphatic imine (C=N–C) groups is 1. The predicted octanol–water partition coefficient (Wildman–Crippen LogP) is 0.277. The molecule has 1 aromatic heterocycles. The normalized spacial score (nSPS) is 22.6. The quantitative estimate of drug-likeness (QED) is 0.614. The minimum Gasteiger partial charge on any atom is -0.311 e. The fourth-order valence-electron chi connectivity index (χ4n) is 1.91. The van der Waals surface area contributed by atoms with Gasteiger partial charge < -0.3 is 5.32 Å². The zero-order valence-corrected chi connectivity index (χ0v) is 10.9. The molecule has 0 aliphatic carbocycles. The van der Waals surface area contributed by atoms with Crippen LogP contribution < -0.4 is 5.32 Å². The van der Waals surface area contributed by atoms with Gasteiger partial charge in [-0.1, -0.05) is 0 Å². The molecule has 6 heteroatoms. The number of sulfone groups is 1. The van der Waals surface area contributed by atoms with Crippen LogP contribution in [0.25, 0.3) is 0 Å². The van der Waals surface area contributed by atoms with Crippen LogP contribution in [0.5, 0.6) is 0 Å². The molecule has 0 amide bonds. The van der Waals surface area contributed by atoms with Crippen molar-refractivity contribution in [1.82, 2.24) is 10.3 Å². The maximum atomic E-state index is 11.2. The zero-order chi connectivity index (χ0) is 12.8. The minimum absolute atomic E-state index is 0.103. The van der Waals surface area contributed by atoms with E-state index in [-0.39, 0.29) is 11.8 Å². The Balaban J connectivity index is 1.66. The molecule has 18 heavy (non-hydrogen) atoms. The summed E-state index contributed by atoms with van der Waals surface area (Å²) in [6.45, 7) is 1.36. The molecule has 1 aliphatic rings. The highest BCUT2D eigenvalue weighted by atomic mass is 32.2. The number of aromatic nitrogens is 1. The molecule has 1 aliphatic heterocycles. The largest absolute Gasteiger partial charge is 0.311 e. The lowest BCUT2D eigenvalue weighted by Gasteiger charge is -2.08. The molecule has 98 valence electrons. The minimum atomic E-state index is -2.79. The predicted molar refractivity (Wildman–Crippen MR) is 71.8 cm³/mol. The van der Waals surface area contributed by atoms with Gasteiger partial charge in [-0.2, -0.15) is 0 Å². The fourth-order valence-corrected chi connectivity index (χ4v) is 3.62. The van der Waals surface area contributed by atoms with E-state index in [1.54, 1.807) is 18.6 Å². The van der Waals surface area contributed by atoms with E-state index in [2.05, 4.69) is 15.3 Å². The van der Waals surface area contributed by atoms with Crippen LogP contribution in [0.2, 0.25) is 0 Å². The van der Waals surface area contributed by atoms with Crippen LogP contribution in [0.15, 0.2) is 29.5 Å². The summed E-state index contributed by atoms with van der Waals surface area (Å²) in [5, 5.41) is 3.22. The third-order valence-electron chi connectivity index (χ3n) is 2.85. The Morgan fingerprint density at radius 3 is 2.89 bits per heavy atom. The van der Waals surface area contributed by atoms with Crippen molar-refractivity contribution in [2.45, 2.75) is 12.5 Å². The van der Waals surface area contributed by atoms with Crippen molar-refractivity contribution in [3.63, 3.8) is 0 Å². The summed E-state index contributed by atoms with van der Waals surface area (Å²) < 4.78 is 22.5.